The molecule has 1 spiro atoms. The topological polar surface area (TPSA) is 90.9 Å². The average molecular weight is 353 g/mol. The first-order valence-corrected chi connectivity index (χ1v) is 10.7. The Morgan fingerprint density at radius 3 is 2.92 bits per heavy atom. The summed E-state index contributed by atoms with van der Waals surface area (Å²) < 4.78 is 0. The van der Waals surface area contributed by atoms with E-state index < -0.39 is 0 Å². The highest BCUT2D eigenvalue weighted by Crippen LogP contribution is 2.42. The second-order valence-corrected chi connectivity index (χ2v) is 9.92. The summed E-state index contributed by atoms with van der Waals surface area (Å²) in [4.78, 5) is 11.7. The van der Waals surface area contributed by atoms with Crippen LogP contribution in [0.2, 0.25) is 0 Å². The Kier molecular flexibility index (Phi) is 3.89. The maximum Gasteiger partial charge on any atom is 0.143 e. The van der Waals surface area contributed by atoms with E-state index in [9.17, 15) is 5.26 Å². The van der Waals surface area contributed by atoms with Crippen molar-refractivity contribution in [2.24, 2.45) is 5.73 Å². The molecule has 0 unspecified atom stereocenters. The molecule has 3 N–H and O–H groups in total. The van der Waals surface area contributed by atoms with Crippen molar-refractivity contribution in [3.8, 4) is 6.07 Å². The summed E-state index contributed by atoms with van der Waals surface area (Å²) in [5, 5.41) is 14.9. The molecule has 2 atom stereocenters. The Balaban J connectivity index is 1.76. The van der Waals surface area contributed by atoms with Crippen molar-refractivity contribution in [2.75, 3.05) is 16.4 Å². The van der Waals surface area contributed by atoms with E-state index in [2.05, 4.69) is 41.2 Å². The molecule has 0 bridgehead atoms. The van der Waals surface area contributed by atoms with E-state index in [1.54, 1.807) is 0 Å². The van der Waals surface area contributed by atoms with Crippen molar-refractivity contribution >= 4 is 31.9 Å². The summed E-state index contributed by atoms with van der Waals surface area (Å²) in [6, 6.07) is 6.67. The van der Waals surface area contributed by atoms with Crippen LogP contribution in [0.3, 0.4) is 0 Å². The third-order valence-electron chi connectivity index (χ3n) is 5.51. The van der Waals surface area contributed by atoms with Gasteiger partial charge in [-0.25, -0.2) is 9.97 Å². The standard InChI is InChI=1S/C18H24N6Si/c1-11(2)22-17-15-6-16(21-9-12(15)5-14(8-19)23-17)24-10-25-18(24)4-3-13(20)7-18/h5-6,9,11,13H,3-4,7,10,20,25H2,1-2H3,(H,22,23)/t13-,18+/m0/s1. The van der Waals surface area contributed by atoms with Crippen LogP contribution in [0.15, 0.2) is 18.3 Å². The third kappa shape index (κ3) is 2.75. The Morgan fingerprint density at radius 2 is 2.32 bits per heavy atom. The van der Waals surface area contributed by atoms with E-state index in [-0.39, 0.29) is 15.6 Å². The lowest BCUT2D eigenvalue weighted by Gasteiger charge is -2.52. The smallest absolute Gasteiger partial charge is 0.143 e. The minimum atomic E-state index is -0.106. The normalized spacial score (nSPS) is 26.4. The molecule has 2 aromatic heterocycles. The predicted molar refractivity (Wildman–Crippen MR) is 103 cm³/mol. The molecular weight excluding hydrogens is 328 g/mol. The Bertz CT molecular complexity index is 861. The van der Waals surface area contributed by atoms with Gasteiger partial charge in [0.25, 0.3) is 0 Å². The number of aromatic nitrogens is 2. The molecule has 1 saturated carbocycles. The number of anilines is 2. The van der Waals surface area contributed by atoms with Gasteiger partial charge in [-0.05, 0) is 45.2 Å². The van der Waals surface area contributed by atoms with Gasteiger partial charge in [0.1, 0.15) is 23.4 Å². The van der Waals surface area contributed by atoms with Crippen molar-refractivity contribution < 1.29 is 0 Å². The van der Waals surface area contributed by atoms with E-state index in [0.717, 1.165) is 35.2 Å². The van der Waals surface area contributed by atoms with Crippen LogP contribution in [-0.2, 0) is 0 Å². The number of hydrogen-bond donors (Lipinski definition) is 2. The van der Waals surface area contributed by atoms with E-state index in [0.29, 0.717) is 16.9 Å². The SMILES string of the molecule is CC(C)Nc1nc(C#N)cc2cnc(N3C[SiH2][C@@]34CC[C@H](N)C4)cc12. The Labute approximate surface area is 150 Å². The number of hydrogen-bond acceptors (Lipinski definition) is 6. The van der Waals surface area contributed by atoms with E-state index >= 15 is 0 Å². The van der Waals surface area contributed by atoms with Gasteiger partial charge < -0.3 is 16.0 Å². The first kappa shape index (κ1) is 16.3. The fraction of sp³-hybridized carbons (Fsp3) is 0.500. The minimum absolute atomic E-state index is 0.106. The highest BCUT2D eigenvalue weighted by molar-refractivity contribution is 6.47. The van der Waals surface area contributed by atoms with Crippen molar-refractivity contribution in [2.45, 2.75) is 50.4 Å². The van der Waals surface area contributed by atoms with Gasteiger partial charge in [0.15, 0.2) is 0 Å². The van der Waals surface area contributed by atoms with Gasteiger partial charge in [-0.15, -0.1) is 0 Å². The molecule has 0 aromatic carbocycles. The molecule has 0 radical (unpaired) electrons. The summed E-state index contributed by atoms with van der Waals surface area (Å²) in [7, 11) is -0.106. The number of nitrogens with one attached hydrogen (secondary N) is 1. The van der Waals surface area contributed by atoms with Crippen LogP contribution in [0.4, 0.5) is 11.6 Å². The highest BCUT2D eigenvalue weighted by Gasteiger charge is 2.49. The Morgan fingerprint density at radius 1 is 1.48 bits per heavy atom. The zero-order valence-corrected chi connectivity index (χ0v) is 16.2. The van der Waals surface area contributed by atoms with Crippen LogP contribution >= 0.6 is 0 Å². The molecule has 6 nitrogen and oxygen atoms in total. The molecule has 1 saturated heterocycles. The van der Waals surface area contributed by atoms with E-state index in [1.807, 2.05) is 12.3 Å². The Hall–Kier alpha value is -2.17. The van der Waals surface area contributed by atoms with Crippen LogP contribution in [0, 0.1) is 11.3 Å². The van der Waals surface area contributed by atoms with Crippen LogP contribution in [0.5, 0.6) is 0 Å². The highest BCUT2D eigenvalue weighted by atomic mass is 28.2. The zero-order valence-electron chi connectivity index (χ0n) is 14.8. The molecule has 4 rings (SSSR count). The molecule has 2 aromatic rings. The zero-order chi connectivity index (χ0) is 17.6. The second kappa shape index (κ2) is 5.97. The van der Waals surface area contributed by atoms with Gasteiger partial charge in [0.05, 0.1) is 9.52 Å². The summed E-state index contributed by atoms with van der Waals surface area (Å²) in [5.74, 6) is 1.79. The number of nitriles is 1. The van der Waals surface area contributed by atoms with Crippen LogP contribution in [0.25, 0.3) is 10.8 Å². The van der Waals surface area contributed by atoms with Gasteiger partial charge >= 0.3 is 0 Å². The molecule has 1 aliphatic carbocycles. The second-order valence-electron chi connectivity index (χ2n) is 7.66. The molecule has 130 valence electrons. The lowest BCUT2D eigenvalue weighted by molar-refractivity contribution is 0.501. The molecular formula is C18H24N6Si. The summed E-state index contributed by atoms with van der Waals surface area (Å²) in [6.45, 7) is 4.15. The first-order valence-electron chi connectivity index (χ1n) is 9.01. The van der Waals surface area contributed by atoms with Crippen molar-refractivity contribution in [3.05, 3.63) is 24.0 Å². The summed E-state index contributed by atoms with van der Waals surface area (Å²) in [5.41, 5.74) is 6.60. The summed E-state index contributed by atoms with van der Waals surface area (Å²) >= 11 is 0. The fourth-order valence-corrected chi connectivity index (χ4v) is 6.74. The number of rotatable bonds is 3. The van der Waals surface area contributed by atoms with Gasteiger partial charge in [-0.1, -0.05) is 0 Å². The van der Waals surface area contributed by atoms with Crippen LogP contribution < -0.4 is 16.0 Å². The lowest BCUT2D eigenvalue weighted by Crippen LogP contribution is -2.66. The molecule has 2 aliphatic rings. The van der Waals surface area contributed by atoms with Crippen molar-refractivity contribution in [1.82, 2.24) is 9.97 Å². The fourth-order valence-electron chi connectivity index (χ4n) is 4.24. The summed E-state index contributed by atoms with van der Waals surface area (Å²) in [6.07, 6.45) is 6.50. The van der Waals surface area contributed by atoms with Crippen molar-refractivity contribution in [3.63, 3.8) is 0 Å². The largest absolute Gasteiger partial charge is 0.367 e. The van der Waals surface area contributed by atoms with Gasteiger partial charge in [0.2, 0.25) is 0 Å². The first-order chi connectivity index (χ1) is 12.0. The monoisotopic (exact) mass is 352 g/mol. The minimum Gasteiger partial charge on any atom is -0.367 e. The van der Waals surface area contributed by atoms with Crippen molar-refractivity contribution in [1.29, 1.82) is 5.26 Å². The number of fused-ring (bicyclic) bond motifs is 1. The molecule has 25 heavy (non-hydrogen) atoms. The van der Waals surface area contributed by atoms with Gasteiger partial charge in [-0.3, -0.25) is 0 Å². The molecule has 7 heteroatoms. The van der Waals surface area contributed by atoms with Crippen LogP contribution in [-0.4, -0.2) is 42.9 Å². The molecule has 0 amide bonds. The van der Waals surface area contributed by atoms with E-state index in [4.69, 9.17) is 10.7 Å². The van der Waals surface area contributed by atoms with Gasteiger partial charge in [-0.2, -0.15) is 5.26 Å². The number of nitrogens with zero attached hydrogens (tertiary/aromatic N) is 4. The lowest BCUT2D eigenvalue weighted by atomic mass is 10.1. The molecule has 1 aliphatic heterocycles. The molecule has 3 heterocycles. The van der Waals surface area contributed by atoms with Gasteiger partial charge in [0, 0.05) is 40.4 Å². The maximum absolute atomic E-state index is 9.23. The quantitative estimate of drug-likeness (QED) is 0.813. The number of pyridine rings is 2. The number of nitrogens with two attached hydrogens (primary N) is 1. The third-order valence-corrected chi connectivity index (χ3v) is 8.14. The van der Waals surface area contributed by atoms with E-state index in [1.165, 1.54) is 12.6 Å². The predicted octanol–water partition coefficient (Wildman–Crippen LogP) is 1.48. The maximum atomic E-state index is 9.23. The van der Waals surface area contributed by atoms with Crippen LogP contribution in [0.1, 0.15) is 38.8 Å². The molecule has 2 fully saturated rings. The average Bonchev–Trinajstić information content (AvgIpc) is 2.98.